The van der Waals surface area contributed by atoms with E-state index in [-0.39, 0.29) is 30.8 Å². The van der Waals surface area contributed by atoms with Crippen LogP contribution in [0.4, 0.5) is 0 Å². The molecule has 1 rings (SSSR count). The zero-order chi connectivity index (χ0) is 23.1. The smallest absolute Gasteiger partial charge is 0.333 e. The number of nitrogens with one attached hydrogen (secondary N) is 2. The van der Waals surface area contributed by atoms with E-state index >= 15 is 0 Å². The second-order valence-electron chi connectivity index (χ2n) is 7.04. The molecule has 0 bridgehead atoms. The number of carbonyl (C=O) groups excluding carboxylic acids is 4. The van der Waals surface area contributed by atoms with Gasteiger partial charge in [0, 0.05) is 44.5 Å². The summed E-state index contributed by atoms with van der Waals surface area (Å²) in [6.45, 7) is 8.33. The van der Waals surface area contributed by atoms with Gasteiger partial charge < -0.3 is 15.5 Å². The third-order valence-corrected chi connectivity index (χ3v) is 6.03. The third-order valence-electron chi connectivity index (χ3n) is 4.78. The summed E-state index contributed by atoms with van der Waals surface area (Å²) in [7, 11) is 1.92. The van der Waals surface area contributed by atoms with Crippen molar-refractivity contribution in [2.24, 2.45) is 5.92 Å². The molecular formula is C21H39N3O5S. The number of imide groups is 1. The standard InChI is InChI=1S/C19H33N3O5S.C2H6/c1-5-17(25)22(14(3)24)27-18(26)10-8-6-7-9-15-11-28-12-16(20-4)19(15)21-13(2)23;1-2/h15-16,19-20H,5-12H2,1-4H3,(H,21,23);1-2H3/t15?,16-,19+;/m0./s1. The van der Waals surface area contributed by atoms with E-state index in [1.54, 1.807) is 13.8 Å². The molecule has 2 N–H and O–H groups in total. The number of thioether (sulfide) groups is 1. The van der Waals surface area contributed by atoms with Crippen LogP contribution in [0.15, 0.2) is 0 Å². The topological polar surface area (TPSA) is 105 Å². The maximum atomic E-state index is 11.9. The normalized spacial score (nSPS) is 20.4. The molecule has 0 spiro atoms. The molecule has 0 saturated carbocycles. The fraction of sp³-hybridized carbons (Fsp3) is 0.810. The minimum absolute atomic E-state index is 0.0125. The minimum Gasteiger partial charge on any atom is -0.352 e. The van der Waals surface area contributed by atoms with Gasteiger partial charge in [-0.2, -0.15) is 11.8 Å². The number of rotatable bonds is 9. The first kappa shape index (κ1) is 28.4. The lowest BCUT2D eigenvalue weighted by molar-refractivity contribution is -0.201. The van der Waals surface area contributed by atoms with Crippen LogP contribution >= 0.6 is 11.8 Å². The Morgan fingerprint density at radius 3 is 2.27 bits per heavy atom. The first-order chi connectivity index (χ1) is 14.3. The van der Waals surface area contributed by atoms with Crippen molar-refractivity contribution >= 4 is 35.5 Å². The number of unbranched alkanes of at least 4 members (excludes halogenated alkanes) is 2. The maximum Gasteiger partial charge on any atom is 0.333 e. The van der Waals surface area contributed by atoms with Gasteiger partial charge in [0.2, 0.25) is 5.91 Å². The third kappa shape index (κ3) is 10.4. The lowest BCUT2D eigenvalue weighted by Crippen LogP contribution is -2.56. The number of hydroxylamine groups is 2. The molecule has 9 heteroatoms. The van der Waals surface area contributed by atoms with Crippen LogP contribution in [0, 0.1) is 5.92 Å². The second kappa shape index (κ2) is 16.1. The summed E-state index contributed by atoms with van der Waals surface area (Å²) in [5.41, 5.74) is 0. The lowest BCUT2D eigenvalue weighted by atomic mass is 9.89. The Labute approximate surface area is 185 Å². The monoisotopic (exact) mass is 445 g/mol. The predicted octanol–water partition coefficient (Wildman–Crippen LogP) is 2.66. The highest BCUT2D eigenvalue weighted by Gasteiger charge is 2.33. The van der Waals surface area contributed by atoms with E-state index in [1.807, 2.05) is 32.7 Å². The highest BCUT2D eigenvalue weighted by Crippen LogP contribution is 2.28. The van der Waals surface area contributed by atoms with Crippen molar-refractivity contribution in [3.05, 3.63) is 0 Å². The SMILES string of the molecule is CC.CCC(=O)N(OC(=O)CCCCCC1CSC[C@H](NC)[C@@H]1NC(C)=O)C(C)=O. The number of nitrogens with zero attached hydrogens (tertiary/aromatic N) is 1. The molecular weight excluding hydrogens is 406 g/mol. The Kier molecular flexibility index (Phi) is 15.3. The van der Waals surface area contributed by atoms with E-state index in [0.717, 1.165) is 30.8 Å². The Balaban J connectivity index is 0.00000407. The van der Waals surface area contributed by atoms with Crippen molar-refractivity contribution in [2.75, 3.05) is 18.6 Å². The van der Waals surface area contributed by atoms with Gasteiger partial charge in [-0.1, -0.05) is 33.6 Å². The van der Waals surface area contributed by atoms with Crippen molar-refractivity contribution in [2.45, 2.75) is 85.2 Å². The highest BCUT2D eigenvalue weighted by atomic mass is 32.2. The van der Waals surface area contributed by atoms with Crippen LogP contribution in [0.25, 0.3) is 0 Å². The molecule has 1 saturated heterocycles. The van der Waals surface area contributed by atoms with E-state index < -0.39 is 17.8 Å². The van der Waals surface area contributed by atoms with Crippen molar-refractivity contribution in [1.29, 1.82) is 0 Å². The first-order valence-electron chi connectivity index (χ1n) is 10.9. The molecule has 1 aliphatic heterocycles. The van der Waals surface area contributed by atoms with Gasteiger partial charge >= 0.3 is 5.97 Å². The van der Waals surface area contributed by atoms with Gasteiger partial charge in [-0.25, -0.2) is 4.79 Å². The Morgan fingerprint density at radius 2 is 1.73 bits per heavy atom. The highest BCUT2D eigenvalue weighted by molar-refractivity contribution is 7.99. The van der Waals surface area contributed by atoms with Gasteiger partial charge in [-0.05, 0) is 31.6 Å². The average Bonchev–Trinajstić information content (AvgIpc) is 2.73. The van der Waals surface area contributed by atoms with Crippen LogP contribution in [0.1, 0.15) is 73.1 Å². The van der Waals surface area contributed by atoms with Gasteiger partial charge in [0.25, 0.3) is 11.8 Å². The summed E-state index contributed by atoms with van der Waals surface area (Å²) in [5.74, 6) is 0.669. The van der Waals surface area contributed by atoms with Crippen molar-refractivity contribution in [3.8, 4) is 0 Å². The quantitative estimate of drug-likeness (QED) is 0.415. The van der Waals surface area contributed by atoms with Crippen LogP contribution in [0.2, 0.25) is 0 Å². The summed E-state index contributed by atoms with van der Waals surface area (Å²) in [4.78, 5) is 51.3. The molecule has 3 amide bonds. The molecule has 0 aromatic heterocycles. The summed E-state index contributed by atoms with van der Waals surface area (Å²) < 4.78 is 0. The average molecular weight is 446 g/mol. The number of carbonyl (C=O) groups is 4. The number of amides is 3. The van der Waals surface area contributed by atoms with Crippen LogP contribution in [-0.4, -0.2) is 59.4 Å². The lowest BCUT2D eigenvalue weighted by Gasteiger charge is -2.38. The molecule has 0 aliphatic carbocycles. The van der Waals surface area contributed by atoms with Gasteiger partial charge in [0.1, 0.15) is 0 Å². The minimum atomic E-state index is -0.599. The largest absolute Gasteiger partial charge is 0.352 e. The van der Waals surface area contributed by atoms with Crippen LogP contribution in [0.3, 0.4) is 0 Å². The fourth-order valence-corrected chi connectivity index (χ4v) is 4.74. The van der Waals surface area contributed by atoms with Crippen molar-refractivity contribution in [3.63, 3.8) is 0 Å². The molecule has 174 valence electrons. The van der Waals surface area contributed by atoms with E-state index in [1.165, 1.54) is 6.92 Å². The van der Waals surface area contributed by atoms with Crippen molar-refractivity contribution < 1.29 is 24.0 Å². The van der Waals surface area contributed by atoms with Crippen LogP contribution in [0.5, 0.6) is 0 Å². The molecule has 30 heavy (non-hydrogen) atoms. The maximum absolute atomic E-state index is 11.9. The van der Waals surface area contributed by atoms with E-state index in [4.69, 9.17) is 4.84 Å². The molecule has 1 heterocycles. The van der Waals surface area contributed by atoms with Gasteiger partial charge in [0.05, 0.1) is 0 Å². The fourth-order valence-electron chi connectivity index (χ4n) is 3.30. The molecule has 0 aromatic rings. The molecule has 8 nitrogen and oxygen atoms in total. The Hall–Kier alpha value is -1.61. The van der Waals surface area contributed by atoms with Crippen molar-refractivity contribution in [1.82, 2.24) is 15.7 Å². The molecule has 3 atom stereocenters. The zero-order valence-electron chi connectivity index (χ0n) is 19.3. The van der Waals surface area contributed by atoms with Crippen LogP contribution < -0.4 is 10.6 Å². The molecule has 1 aliphatic rings. The number of hydrogen-bond acceptors (Lipinski definition) is 7. The predicted molar refractivity (Wildman–Crippen MR) is 120 cm³/mol. The van der Waals surface area contributed by atoms with Crippen LogP contribution in [-0.2, 0) is 24.0 Å². The molecule has 1 fully saturated rings. The Bertz CT molecular complexity index is 559. The first-order valence-corrected chi connectivity index (χ1v) is 12.0. The summed E-state index contributed by atoms with van der Waals surface area (Å²) in [5, 5.41) is 6.91. The molecule has 0 radical (unpaired) electrons. The second-order valence-corrected chi connectivity index (χ2v) is 8.12. The summed E-state index contributed by atoms with van der Waals surface area (Å²) in [6.07, 6.45) is 3.64. The van der Waals surface area contributed by atoms with Gasteiger partial charge in [-0.3, -0.25) is 14.4 Å². The van der Waals surface area contributed by atoms with Gasteiger partial charge in [-0.15, -0.1) is 5.06 Å². The summed E-state index contributed by atoms with van der Waals surface area (Å²) >= 11 is 1.89. The molecule has 1 unspecified atom stereocenters. The van der Waals surface area contributed by atoms with Gasteiger partial charge in [0.15, 0.2) is 0 Å². The zero-order valence-corrected chi connectivity index (χ0v) is 20.1. The Morgan fingerprint density at radius 1 is 1.07 bits per heavy atom. The van der Waals surface area contributed by atoms with E-state index in [2.05, 4.69) is 10.6 Å². The van der Waals surface area contributed by atoms with E-state index in [9.17, 15) is 19.2 Å². The molecule has 0 aromatic carbocycles. The van der Waals surface area contributed by atoms with E-state index in [0.29, 0.717) is 17.4 Å². The summed E-state index contributed by atoms with van der Waals surface area (Å²) in [6, 6.07) is 0.384. The number of likely N-dealkylation sites (N-methyl/N-ethyl adjacent to an activating group) is 1. The number of hydrogen-bond donors (Lipinski definition) is 2.